The van der Waals surface area contributed by atoms with Gasteiger partial charge in [-0.1, -0.05) is 146 Å². The molecule has 0 atom stereocenters. The third kappa shape index (κ3) is 5.59. The van der Waals surface area contributed by atoms with E-state index in [4.69, 9.17) is 16.6 Å². The predicted octanol–water partition coefficient (Wildman–Crippen LogP) is 10.5. The van der Waals surface area contributed by atoms with Crippen molar-refractivity contribution < 1.29 is 0 Å². The van der Waals surface area contributed by atoms with Crippen LogP contribution in [0.25, 0.3) is 67.3 Å². The van der Waals surface area contributed by atoms with Crippen LogP contribution in [0, 0.1) is 0 Å². The van der Waals surface area contributed by atoms with Crippen LogP contribution >= 0.6 is 11.6 Å². The predicted molar refractivity (Wildman–Crippen MR) is 177 cm³/mol. The van der Waals surface area contributed by atoms with Crippen molar-refractivity contribution in [3.63, 3.8) is 0 Å². The Morgan fingerprint density at radius 3 is 1.16 bits per heavy atom. The van der Waals surface area contributed by atoms with Gasteiger partial charge in [-0.2, -0.15) is 9.97 Å². The molecule has 0 unspecified atom stereocenters. The third-order valence-electron chi connectivity index (χ3n) is 7.49. The van der Waals surface area contributed by atoms with Crippen molar-refractivity contribution in [1.82, 2.24) is 15.0 Å². The molecule has 204 valence electrons. The standard InChI is InChI=1S/C39H26ClN3/c40-39-42-37(31-19-11-4-12-20-31)41-38(43-39)32-23-21-27(22-24-32)33-25-34(28-13-5-1-6-14-28)36(30-17-9-3-10-18-30)35(26-33)29-15-7-2-8-16-29/h1-26H. The fourth-order valence-corrected chi connectivity index (χ4v) is 5.58. The van der Waals surface area contributed by atoms with Crippen molar-refractivity contribution in [2.24, 2.45) is 0 Å². The van der Waals surface area contributed by atoms with E-state index < -0.39 is 0 Å². The Morgan fingerprint density at radius 1 is 0.326 bits per heavy atom. The molecule has 1 aromatic heterocycles. The quantitative estimate of drug-likeness (QED) is 0.199. The van der Waals surface area contributed by atoms with Gasteiger partial charge in [0.05, 0.1) is 0 Å². The fraction of sp³-hybridized carbons (Fsp3) is 0. The van der Waals surface area contributed by atoms with Crippen LogP contribution in [0.1, 0.15) is 0 Å². The highest BCUT2D eigenvalue weighted by atomic mass is 35.5. The summed E-state index contributed by atoms with van der Waals surface area (Å²) in [5.74, 6) is 1.09. The van der Waals surface area contributed by atoms with E-state index in [2.05, 4.69) is 125 Å². The van der Waals surface area contributed by atoms with Gasteiger partial charge in [0.1, 0.15) is 0 Å². The zero-order valence-electron chi connectivity index (χ0n) is 23.2. The Kier molecular flexibility index (Phi) is 7.31. The SMILES string of the molecule is Clc1nc(-c2ccccc2)nc(-c2ccc(-c3cc(-c4ccccc4)c(-c4ccccc4)c(-c4ccccc4)c3)cc2)n1. The van der Waals surface area contributed by atoms with Gasteiger partial charge in [-0.05, 0) is 68.2 Å². The highest BCUT2D eigenvalue weighted by Gasteiger charge is 2.17. The minimum Gasteiger partial charge on any atom is -0.208 e. The first kappa shape index (κ1) is 26.5. The summed E-state index contributed by atoms with van der Waals surface area (Å²) in [4.78, 5) is 13.5. The smallest absolute Gasteiger partial charge is 0.208 e. The molecule has 0 aliphatic heterocycles. The monoisotopic (exact) mass is 571 g/mol. The van der Waals surface area contributed by atoms with Gasteiger partial charge in [0.25, 0.3) is 0 Å². The molecular weight excluding hydrogens is 546 g/mol. The molecule has 7 rings (SSSR count). The normalized spacial score (nSPS) is 10.9. The number of aromatic nitrogens is 3. The second-order valence-electron chi connectivity index (χ2n) is 10.2. The van der Waals surface area contributed by atoms with Crippen LogP contribution in [-0.4, -0.2) is 15.0 Å². The van der Waals surface area contributed by atoms with Gasteiger partial charge in [0, 0.05) is 11.1 Å². The molecule has 0 saturated carbocycles. The zero-order chi connectivity index (χ0) is 29.0. The average molecular weight is 572 g/mol. The molecule has 0 N–H and O–H groups in total. The summed E-state index contributed by atoms with van der Waals surface area (Å²) in [6.07, 6.45) is 0. The Morgan fingerprint density at radius 2 is 0.698 bits per heavy atom. The van der Waals surface area contributed by atoms with E-state index in [9.17, 15) is 0 Å². The van der Waals surface area contributed by atoms with E-state index in [0.717, 1.165) is 22.3 Å². The van der Waals surface area contributed by atoms with Crippen molar-refractivity contribution >= 4 is 11.6 Å². The lowest BCUT2D eigenvalue weighted by Crippen LogP contribution is -1.97. The summed E-state index contributed by atoms with van der Waals surface area (Å²) in [6, 6.07) is 54.6. The van der Waals surface area contributed by atoms with Crippen LogP contribution < -0.4 is 0 Å². The fourth-order valence-electron chi connectivity index (χ4n) is 5.42. The number of halogens is 1. The van der Waals surface area contributed by atoms with Crippen molar-refractivity contribution in [3.8, 4) is 67.3 Å². The summed E-state index contributed by atoms with van der Waals surface area (Å²) in [6.45, 7) is 0. The summed E-state index contributed by atoms with van der Waals surface area (Å²) < 4.78 is 0. The second kappa shape index (κ2) is 11.8. The van der Waals surface area contributed by atoms with Crippen LogP contribution in [0.4, 0.5) is 0 Å². The molecule has 0 amide bonds. The average Bonchev–Trinajstić information content (AvgIpc) is 3.09. The van der Waals surface area contributed by atoms with E-state index in [1.54, 1.807) is 0 Å². The lowest BCUT2D eigenvalue weighted by molar-refractivity contribution is 1.07. The molecule has 0 aliphatic rings. The van der Waals surface area contributed by atoms with Crippen molar-refractivity contribution in [2.45, 2.75) is 0 Å². The first-order valence-electron chi connectivity index (χ1n) is 14.1. The maximum absolute atomic E-state index is 6.33. The summed E-state index contributed by atoms with van der Waals surface area (Å²) in [5, 5.41) is 0.171. The molecule has 0 bridgehead atoms. The topological polar surface area (TPSA) is 38.7 Å². The van der Waals surface area contributed by atoms with Crippen LogP contribution in [0.2, 0.25) is 5.28 Å². The van der Waals surface area contributed by atoms with Gasteiger partial charge >= 0.3 is 0 Å². The lowest BCUT2D eigenvalue weighted by Gasteiger charge is -2.19. The van der Waals surface area contributed by atoms with Crippen LogP contribution in [0.5, 0.6) is 0 Å². The Hall–Kier alpha value is -5.38. The number of nitrogens with zero attached hydrogens (tertiary/aromatic N) is 3. The molecule has 0 spiro atoms. The maximum atomic E-state index is 6.33. The molecule has 4 heteroatoms. The van der Waals surface area contributed by atoms with Crippen LogP contribution in [0.15, 0.2) is 158 Å². The Labute approximate surface area is 256 Å². The molecule has 1 heterocycles. The van der Waals surface area contributed by atoms with Crippen molar-refractivity contribution in [2.75, 3.05) is 0 Å². The summed E-state index contributed by atoms with van der Waals surface area (Å²) >= 11 is 6.33. The third-order valence-corrected chi connectivity index (χ3v) is 7.66. The number of hydrogen-bond acceptors (Lipinski definition) is 3. The van der Waals surface area contributed by atoms with E-state index in [-0.39, 0.29) is 5.28 Å². The number of hydrogen-bond donors (Lipinski definition) is 0. The Balaban J connectivity index is 1.37. The molecule has 0 aliphatic carbocycles. The Bertz CT molecular complexity index is 1930. The summed E-state index contributed by atoms with van der Waals surface area (Å²) in [7, 11) is 0. The second-order valence-corrected chi connectivity index (χ2v) is 10.6. The molecule has 0 radical (unpaired) electrons. The molecular formula is C39H26ClN3. The van der Waals surface area contributed by atoms with Crippen LogP contribution in [0.3, 0.4) is 0 Å². The van der Waals surface area contributed by atoms with Gasteiger partial charge in [0.2, 0.25) is 5.28 Å². The van der Waals surface area contributed by atoms with E-state index in [0.29, 0.717) is 11.6 Å². The number of rotatable bonds is 6. The van der Waals surface area contributed by atoms with Crippen LogP contribution in [-0.2, 0) is 0 Å². The largest absolute Gasteiger partial charge is 0.226 e. The molecule has 3 nitrogen and oxygen atoms in total. The highest BCUT2D eigenvalue weighted by molar-refractivity contribution is 6.28. The summed E-state index contributed by atoms with van der Waals surface area (Å²) in [5.41, 5.74) is 11.1. The van der Waals surface area contributed by atoms with Crippen molar-refractivity contribution in [3.05, 3.63) is 163 Å². The van der Waals surface area contributed by atoms with Gasteiger partial charge in [0.15, 0.2) is 11.6 Å². The first-order valence-corrected chi connectivity index (χ1v) is 14.5. The molecule has 7 aromatic rings. The molecule has 0 saturated heterocycles. The number of benzene rings is 6. The van der Waals surface area contributed by atoms with E-state index >= 15 is 0 Å². The van der Waals surface area contributed by atoms with Gasteiger partial charge in [-0.15, -0.1) is 0 Å². The molecule has 0 fully saturated rings. The molecule has 6 aromatic carbocycles. The van der Waals surface area contributed by atoms with Gasteiger partial charge < -0.3 is 0 Å². The lowest BCUT2D eigenvalue weighted by atomic mass is 9.84. The minimum atomic E-state index is 0.171. The maximum Gasteiger partial charge on any atom is 0.226 e. The minimum absolute atomic E-state index is 0.171. The zero-order valence-corrected chi connectivity index (χ0v) is 24.0. The first-order chi connectivity index (χ1) is 21.2. The molecule has 43 heavy (non-hydrogen) atoms. The van der Waals surface area contributed by atoms with E-state index in [1.165, 1.54) is 33.4 Å². The van der Waals surface area contributed by atoms with E-state index in [1.807, 2.05) is 42.5 Å². The van der Waals surface area contributed by atoms with Crippen molar-refractivity contribution in [1.29, 1.82) is 0 Å². The highest BCUT2D eigenvalue weighted by Crippen LogP contribution is 2.43. The van der Waals surface area contributed by atoms with Gasteiger partial charge in [-0.3, -0.25) is 0 Å². The van der Waals surface area contributed by atoms with Gasteiger partial charge in [-0.25, -0.2) is 4.98 Å².